The van der Waals surface area contributed by atoms with Crippen LogP contribution in [0.1, 0.15) is 34.1 Å². The normalized spacial score (nSPS) is 15.0. The summed E-state index contributed by atoms with van der Waals surface area (Å²) in [5, 5.41) is 13.5. The van der Waals surface area contributed by atoms with Gasteiger partial charge in [0.2, 0.25) is 0 Å². The molecule has 0 saturated carbocycles. The summed E-state index contributed by atoms with van der Waals surface area (Å²) >= 11 is 6.17. The van der Waals surface area contributed by atoms with Crippen LogP contribution in [0.3, 0.4) is 0 Å². The fourth-order valence-corrected chi connectivity index (χ4v) is 4.31. The molecule has 0 saturated heterocycles. The van der Waals surface area contributed by atoms with Gasteiger partial charge < -0.3 is 0 Å². The highest BCUT2D eigenvalue weighted by molar-refractivity contribution is 6.30. The average molecular weight is 416 g/mol. The topological polar surface area (TPSA) is 46.8 Å². The smallest absolute Gasteiger partial charge is 0.173 e. The highest BCUT2D eigenvalue weighted by atomic mass is 35.5. The fourth-order valence-electron chi connectivity index (χ4n) is 4.18. The van der Waals surface area contributed by atoms with Gasteiger partial charge in [0.25, 0.3) is 0 Å². The monoisotopic (exact) mass is 415 g/mol. The molecule has 1 aliphatic heterocycles. The molecule has 4 aromatic rings. The lowest BCUT2D eigenvalue weighted by Crippen LogP contribution is -2.36. The molecule has 0 bridgehead atoms. The maximum atomic E-state index is 6.17. The second kappa shape index (κ2) is 8.38. The lowest BCUT2D eigenvalue weighted by molar-refractivity contribution is 0.195. The van der Waals surface area contributed by atoms with Crippen molar-refractivity contribution in [3.8, 4) is 0 Å². The Morgan fingerprint density at radius 3 is 2.40 bits per heavy atom. The van der Waals surface area contributed by atoms with Crippen LogP contribution in [0.15, 0.2) is 78.9 Å². The third-order valence-electron chi connectivity index (χ3n) is 5.69. The van der Waals surface area contributed by atoms with E-state index in [-0.39, 0.29) is 6.04 Å². The number of aromatic nitrogens is 4. The van der Waals surface area contributed by atoms with Crippen molar-refractivity contribution < 1.29 is 0 Å². The van der Waals surface area contributed by atoms with E-state index < -0.39 is 0 Å². The van der Waals surface area contributed by atoms with Gasteiger partial charge in [-0.2, -0.15) is 0 Å². The first-order valence-electron chi connectivity index (χ1n) is 10.1. The van der Waals surface area contributed by atoms with Crippen LogP contribution in [0.2, 0.25) is 5.02 Å². The summed E-state index contributed by atoms with van der Waals surface area (Å²) in [6.45, 7) is 2.45. The molecule has 5 nitrogen and oxygen atoms in total. The number of hydrogen-bond donors (Lipinski definition) is 0. The van der Waals surface area contributed by atoms with Crippen molar-refractivity contribution in [2.24, 2.45) is 0 Å². The number of tetrazole rings is 1. The third-order valence-corrected chi connectivity index (χ3v) is 5.94. The van der Waals surface area contributed by atoms with Gasteiger partial charge in [0, 0.05) is 18.1 Å². The molecule has 1 atom stereocenters. The minimum atomic E-state index is -0.0469. The van der Waals surface area contributed by atoms with Gasteiger partial charge in [-0.3, -0.25) is 4.90 Å². The molecule has 0 N–H and O–H groups in total. The van der Waals surface area contributed by atoms with Crippen molar-refractivity contribution in [3.05, 3.63) is 112 Å². The summed E-state index contributed by atoms with van der Waals surface area (Å²) in [4.78, 5) is 2.46. The van der Waals surface area contributed by atoms with Crippen molar-refractivity contribution in [2.75, 3.05) is 6.54 Å². The average Bonchev–Trinajstić information content (AvgIpc) is 3.23. The van der Waals surface area contributed by atoms with Crippen LogP contribution in [-0.2, 0) is 19.5 Å². The molecule has 0 unspecified atom stereocenters. The van der Waals surface area contributed by atoms with Crippen molar-refractivity contribution >= 4 is 11.6 Å². The van der Waals surface area contributed by atoms with E-state index in [2.05, 4.69) is 69.0 Å². The number of hydrogen-bond acceptors (Lipinski definition) is 4. The Bertz CT molecular complexity index is 1120. The summed E-state index contributed by atoms with van der Waals surface area (Å²) in [5.74, 6) is 0.848. The largest absolute Gasteiger partial charge is 0.285 e. The maximum Gasteiger partial charge on any atom is 0.173 e. The van der Waals surface area contributed by atoms with Gasteiger partial charge >= 0.3 is 0 Å². The zero-order chi connectivity index (χ0) is 20.3. The molecular formula is C24H22ClN5. The Balaban J connectivity index is 1.53. The minimum Gasteiger partial charge on any atom is -0.285 e. The van der Waals surface area contributed by atoms with Crippen molar-refractivity contribution in [2.45, 2.75) is 25.6 Å². The SMILES string of the molecule is Clc1ccc([C@@H](c2nnnn2Cc2ccccc2)N2CCc3ccccc3C2)cc1. The van der Waals surface area contributed by atoms with E-state index in [9.17, 15) is 0 Å². The number of rotatable bonds is 5. The van der Waals surface area contributed by atoms with E-state index in [0.717, 1.165) is 35.9 Å². The van der Waals surface area contributed by atoms with Crippen LogP contribution in [0.4, 0.5) is 0 Å². The molecule has 150 valence electrons. The highest BCUT2D eigenvalue weighted by Gasteiger charge is 2.30. The van der Waals surface area contributed by atoms with Gasteiger partial charge in [-0.15, -0.1) is 5.10 Å². The highest BCUT2D eigenvalue weighted by Crippen LogP contribution is 2.32. The number of fused-ring (bicyclic) bond motifs is 1. The van der Waals surface area contributed by atoms with Crippen LogP contribution >= 0.6 is 11.6 Å². The molecule has 5 rings (SSSR count). The Hall–Kier alpha value is -3.02. The van der Waals surface area contributed by atoms with Gasteiger partial charge in [-0.1, -0.05) is 78.3 Å². The van der Waals surface area contributed by atoms with E-state index in [1.807, 2.05) is 35.0 Å². The van der Waals surface area contributed by atoms with Gasteiger partial charge in [-0.25, -0.2) is 4.68 Å². The number of benzene rings is 3. The zero-order valence-electron chi connectivity index (χ0n) is 16.5. The Morgan fingerprint density at radius 1 is 0.867 bits per heavy atom. The quantitative estimate of drug-likeness (QED) is 0.480. The molecule has 0 spiro atoms. The summed E-state index contributed by atoms with van der Waals surface area (Å²) in [5.41, 5.74) is 5.10. The van der Waals surface area contributed by atoms with Crippen LogP contribution in [0.5, 0.6) is 0 Å². The molecule has 0 amide bonds. The second-order valence-electron chi connectivity index (χ2n) is 7.62. The van der Waals surface area contributed by atoms with E-state index in [4.69, 9.17) is 11.6 Å². The van der Waals surface area contributed by atoms with Crippen LogP contribution in [-0.4, -0.2) is 31.7 Å². The second-order valence-corrected chi connectivity index (χ2v) is 8.06. The van der Waals surface area contributed by atoms with Crippen LogP contribution < -0.4 is 0 Å². The molecule has 1 aromatic heterocycles. The van der Waals surface area contributed by atoms with E-state index in [1.165, 1.54) is 16.7 Å². The number of halogens is 1. The predicted octanol–water partition coefficient (Wildman–Crippen LogP) is 4.52. The van der Waals surface area contributed by atoms with Crippen molar-refractivity contribution in [1.82, 2.24) is 25.1 Å². The van der Waals surface area contributed by atoms with Gasteiger partial charge in [0.1, 0.15) is 0 Å². The van der Waals surface area contributed by atoms with Gasteiger partial charge in [-0.05, 0) is 51.2 Å². The van der Waals surface area contributed by atoms with Gasteiger partial charge in [0.05, 0.1) is 12.6 Å². The third kappa shape index (κ3) is 3.86. The van der Waals surface area contributed by atoms with Gasteiger partial charge in [0.15, 0.2) is 5.82 Å². The molecule has 30 heavy (non-hydrogen) atoms. The molecular weight excluding hydrogens is 394 g/mol. The molecule has 0 fully saturated rings. The zero-order valence-corrected chi connectivity index (χ0v) is 17.3. The standard InChI is InChI=1S/C24H22ClN5/c25-22-12-10-20(11-13-22)23(29-15-14-19-8-4-5-9-21(19)17-29)24-26-27-28-30(24)16-18-6-2-1-3-7-18/h1-13,23H,14-17H2/t23-/m0/s1. The summed E-state index contributed by atoms with van der Waals surface area (Å²) in [7, 11) is 0. The van der Waals surface area contributed by atoms with E-state index >= 15 is 0 Å². The lowest BCUT2D eigenvalue weighted by Gasteiger charge is -2.35. The molecule has 3 aromatic carbocycles. The molecule has 6 heteroatoms. The number of nitrogens with zero attached hydrogens (tertiary/aromatic N) is 5. The molecule has 0 radical (unpaired) electrons. The molecule has 2 heterocycles. The van der Waals surface area contributed by atoms with E-state index in [0.29, 0.717) is 6.54 Å². The van der Waals surface area contributed by atoms with Crippen molar-refractivity contribution in [3.63, 3.8) is 0 Å². The fraction of sp³-hybridized carbons (Fsp3) is 0.208. The first-order chi connectivity index (χ1) is 14.8. The summed E-state index contributed by atoms with van der Waals surface area (Å²) < 4.78 is 1.91. The Morgan fingerprint density at radius 2 is 1.60 bits per heavy atom. The van der Waals surface area contributed by atoms with E-state index in [1.54, 1.807) is 0 Å². The Kier molecular flexibility index (Phi) is 5.30. The first-order valence-corrected chi connectivity index (χ1v) is 10.5. The van der Waals surface area contributed by atoms with Crippen LogP contribution in [0, 0.1) is 0 Å². The summed E-state index contributed by atoms with van der Waals surface area (Å²) in [6, 6.07) is 26.9. The minimum absolute atomic E-state index is 0.0469. The summed E-state index contributed by atoms with van der Waals surface area (Å²) in [6.07, 6.45) is 1.01. The predicted molar refractivity (Wildman–Crippen MR) is 117 cm³/mol. The maximum absolute atomic E-state index is 6.17. The Labute approximate surface area is 180 Å². The lowest BCUT2D eigenvalue weighted by atomic mass is 9.96. The first kappa shape index (κ1) is 19.0. The van der Waals surface area contributed by atoms with Crippen molar-refractivity contribution in [1.29, 1.82) is 0 Å². The molecule has 1 aliphatic rings. The molecule has 0 aliphatic carbocycles. The van der Waals surface area contributed by atoms with Crippen LogP contribution in [0.25, 0.3) is 0 Å².